The summed E-state index contributed by atoms with van der Waals surface area (Å²) < 4.78 is 0. The van der Waals surface area contributed by atoms with Crippen LogP contribution in [0.25, 0.3) is 0 Å². The van der Waals surface area contributed by atoms with E-state index in [1.165, 1.54) is 12.3 Å². The summed E-state index contributed by atoms with van der Waals surface area (Å²) in [4.78, 5) is 28.7. The number of nitrogens with one attached hydrogen (secondary N) is 2. The van der Waals surface area contributed by atoms with Crippen LogP contribution in [0.3, 0.4) is 0 Å². The molecule has 0 unspecified atom stereocenters. The fourth-order valence-electron chi connectivity index (χ4n) is 2.90. The smallest absolute Gasteiger partial charge is 0.270 e. The summed E-state index contributed by atoms with van der Waals surface area (Å²) in [5.74, 6) is -0.611. The van der Waals surface area contributed by atoms with Gasteiger partial charge in [0.1, 0.15) is 5.69 Å². The Hall–Kier alpha value is -3.20. The quantitative estimate of drug-likeness (QED) is 0.899. The van der Waals surface area contributed by atoms with Crippen molar-refractivity contribution < 1.29 is 9.59 Å². The molecule has 0 spiro atoms. The van der Waals surface area contributed by atoms with Crippen molar-refractivity contribution in [3.63, 3.8) is 0 Å². The van der Waals surface area contributed by atoms with Crippen LogP contribution in [0, 0.1) is 11.3 Å². The number of anilines is 1. The van der Waals surface area contributed by atoms with Crippen LogP contribution in [0.15, 0.2) is 42.6 Å². The Labute approximate surface area is 145 Å². The monoisotopic (exact) mass is 334 g/mol. The summed E-state index contributed by atoms with van der Waals surface area (Å²) in [7, 11) is 0. The topological polar surface area (TPSA) is 94.9 Å². The highest BCUT2D eigenvalue weighted by Gasteiger charge is 2.19. The molecule has 3 rings (SSSR count). The lowest BCUT2D eigenvalue weighted by Crippen LogP contribution is -2.33. The van der Waals surface area contributed by atoms with E-state index in [0.29, 0.717) is 16.8 Å². The Morgan fingerprint density at radius 2 is 1.92 bits per heavy atom. The lowest BCUT2D eigenvalue weighted by Gasteiger charge is -2.12. The standard InChI is InChI=1S/C19H18N4O2/c20-12-13-4-3-7-16(10-13)23-18(24)14-8-9-21-17(11-14)19(25)22-15-5-1-2-6-15/h3-4,7-11,15H,1-2,5-6H2,(H,22,25)(H,23,24). The van der Waals surface area contributed by atoms with Gasteiger partial charge in [-0.15, -0.1) is 0 Å². The molecule has 2 aromatic rings. The molecule has 2 amide bonds. The van der Waals surface area contributed by atoms with E-state index in [4.69, 9.17) is 5.26 Å². The summed E-state index contributed by atoms with van der Waals surface area (Å²) in [5.41, 5.74) is 1.56. The lowest BCUT2D eigenvalue weighted by molar-refractivity contribution is 0.0933. The van der Waals surface area contributed by atoms with Crippen molar-refractivity contribution >= 4 is 17.5 Å². The average molecular weight is 334 g/mol. The minimum absolute atomic E-state index is 0.195. The number of aromatic nitrogens is 1. The molecule has 6 nitrogen and oxygen atoms in total. The predicted molar refractivity (Wildman–Crippen MR) is 93.1 cm³/mol. The van der Waals surface area contributed by atoms with Crippen molar-refractivity contribution in [1.29, 1.82) is 5.26 Å². The minimum Gasteiger partial charge on any atom is -0.348 e. The molecule has 0 aliphatic heterocycles. The molecule has 1 fully saturated rings. The number of hydrogen-bond donors (Lipinski definition) is 2. The zero-order valence-electron chi connectivity index (χ0n) is 13.7. The van der Waals surface area contributed by atoms with Gasteiger partial charge in [0.2, 0.25) is 0 Å². The molecule has 2 N–H and O–H groups in total. The molecule has 1 aromatic heterocycles. The fraction of sp³-hybridized carbons (Fsp3) is 0.263. The molecule has 25 heavy (non-hydrogen) atoms. The zero-order chi connectivity index (χ0) is 17.6. The summed E-state index contributed by atoms with van der Waals surface area (Å²) in [6, 6.07) is 11.9. The first-order chi connectivity index (χ1) is 12.2. The van der Waals surface area contributed by atoms with Gasteiger partial charge in [0.25, 0.3) is 11.8 Å². The highest BCUT2D eigenvalue weighted by atomic mass is 16.2. The number of hydrogen-bond acceptors (Lipinski definition) is 4. The number of carbonyl (C=O) groups excluding carboxylic acids is 2. The van der Waals surface area contributed by atoms with Crippen molar-refractivity contribution in [3.8, 4) is 6.07 Å². The van der Waals surface area contributed by atoms with Gasteiger partial charge in [0.05, 0.1) is 11.6 Å². The summed E-state index contributed by atoms with van der Waals surface area (Å²) in [5, 5.41) is 14.6. The molecule has 0 radical (unpaired) electrons. The van der Waals surface area contributed by atoms with E-state index in [-0.39, 0.29) is 23.6 Å². The molecule has 1 saturated carbocycles. The average Bonchev–Trinajstić information content (AvgIpc) is 3.15. The summed E-state index contributed by atoms with van der Waals surface area (Å²) in [6.07, 6.45) is 5.68. The number of amides is 2. The number of benzene rings is 1. The Bertz CT molecular complexity index is 835. The molecule has 0 saturated heterocycles. The van der Waals surface area contributed by atoms with Crippen LogP contribution in [0.5, 0.6) is 0 Å². The van der Waals surface area contributed by atoms with Crippen LogP contribution in [0.1, 0.15) is 52.1 Å². The highest BCUT2D eigenvalue weighted by molar-refractivity contribution is 6.05. The fourth-order valence-corrected chi connectivity index (χ4v) is 2.90. The van der Waals surface area contributed by atoms with Crippen molar-refractivity contribution in [2.45, 2.75) is 31.7 Å². The Kier molecular flexibility index (Phi) is 5.05. The van der Waals surface area contributed by atoms with E-state index in [2.05, 4.69) is 15.6 Å². The molecular weight excluding hydrogens is 316 g/mol. The molecule has 1 aromatic carbocycles. The van der Waals surface area contributed by atoms with E-state index in [0.717, 1.165) is 25.7 Å². The van der Waals surface area contributed by atoms with Gasteiger partial charge in [0, 0.05) is 23.5 Å². The molecule has 1 aliphatic rings. The molecular formula is C19H18N4O2. The van der Waals surface area contributed by atoms with Gasteiger partial charge in [-0.1, -0.05) is 18.9 Å². The summed E-state index contributed by atoms with van der Waals surface area (Å²) in [6.45, 7) is 0. The number of carbonyl (C=O) groups is 2. The van der Waals surface area contributed by atoms with Gasteiger partial charge < -0.3 is 10.6 Å². The third-order valence-electron chi connectivity index (χ3n) is 4.19. The van der Waals surface area contributed by atoms with Crippen LogP contribution in [0.4, 0.5) is 5.69 Å². The lowest BCUT2D eigenvalue weighted by atomic mass is 10.1. The first-order valence-corrected chi connectivity index (χ1v) is 8.24. The number of nitrogens with zero attached hydrogens (tertiary/aromatic N) is 2. The van der Waals surface area contributed by atoms with E-state index in [1.54, 1.807) is 30.3 Å². The van der Waals surface area contributed by atoms with Gasteiger partial charge in [-0.25, -0.2) is 0 Å². The first-order valence-electron chi connectivity index (χ1n) is 8.24. The molecule has 1 aliphatic carbocycles. The van der Waals surface area contributed by atoms with Crippen LogP contribution < -0.4 is 10.6 Å². The van der Waals surface area contributed by atoms with Gasteiger partial charge >= 0.3 is 0 Å². The molecule has 0 bridgehead atoms. The minimum atomic E-state index is -0.354. The Morgan fingerprint density at radius 3 is 2.68 bits per heavy atom. The molecule has 126 valence electrons. The Balaban J connectivity index is 1.70. The molecule has 1 heterocycles. The van der Waals surface area contributed by atoms with Gasteiger partial charge in [-0.3, -0.25) is 14.6 Å². The second kappa shape index (κ2) is 7.58. The van der Waals surface area contributed by atoms with Gasteiger partial charge in [0.15, 0.2) is 0 Å². The number of pyridine rings is 1. The maximum absolute atomic E-state index is 12.4. The largest absolute Gasteiger partial charge is 0.348 e. The van der Waals surface area contributed by atoms with Crippen molar-refractivity contribution in [3.05, 3.63) is 59.4 Å². The normalized spacial score (nSPS) is 13.9. The van der Waals surface area contributed by atoms with E-state index in [9.17, 15) is 9.59 Å². The van der Waals surface area contributed by atoms with Crippen molar-refractivity contribution in [1.82, 2.24) is 10.3 Å². The molecule has 6 heteroatoms. The third kappa shape index (κ3) is 4.21. The zero-order valence-corrected chi connectivity index (χ0v) is 13.7. The van der Waals surface area contributed by atoms with Crippen LogP contribution in [0.2, 0.25) is 0 Å². The predicted octanol–water partition coefficient (Wildman–Crippen LogP) is 2.88. The van der Waals surface area contributed by atoms with E-state index >= 15 is 0 Å². The second-order valence-corrected chi connectivity index (χ2v) is 6.03. The van der Waals surface area contributed by atoms with Crippen LogP contribution in [-0.2, 0) is 0 Å². The van der Waals surface area contributed by atoms with Gasteiger partial charge in [-0.2, -0.15) is 5.26 Å². The molecule has 0 atom stereocenters. The van der Waals surface area contributed by atoms with E-state index < -0.39 is 0 Å². The van der Waals surface area contributed by atoms with Crippen LogP contribution >= 0.6 is 0 Å². The van der Waals surface area contributed by atoms with Crippen molar-refractivity contribution in [2.24, 2.45) is 0 Å². The highest BCUT2D eigenvalue weighted by Crippen LogP contribution is 2.18. The SMILES string of the molecule is N#Cc1cccc(NC(=O)c2ccnc(C(=O)NC3CCCC3)c2)c1. The third-order valence-corrected chi connectivity index (χ3v) is 4.19. The second-order valence-electron chi connectivity index (χ2n) is 6.03. The Morgan fingerprint density at radius 1 is 1.12 bits per heavy atom. The number of nitriles is 1. The maximum Gasteiger partial charge on any atom is 0.270 e. The maximum atomic E-state index is 12.4. The van der Waals surface area contributed by atoms with Crippen molar-refractivity contribution in [2.75, 3.05) is 5.32 Å². The van der Waals surface area contributed by atoms with Gasteiger partial charge in [-0.05, 0) is 43.2 Å². The summed E-state index contributed by atoms with van der Waals surface area (Å²) >= 11 is 0. The van der Waals surface area contributed by atoms with Crippen LogP contribution in [-0.4, -0.2) is 22.8 Å². The first kappa shape index (κ1) is 16.7. The van der Waals surface area contributed by atoms with E-state index in [1.807, 2.05) is 6.07 Å². The number of rotatable bonds is 4.